The summed E-state index contributed by atoms with van der Waals surface area (Å²) in [7, 11) is 0. The maximum atomic E-state index is 6.52. The molecule has 5 aromatic rings. The third kappa shape index (κ3) is 6.65. The SMILES string of the molecule is CCCCC(C)c1cc(C(C)(C)C)cc2nc(-c3ccc(-c4nc5cc(C(C)(C)C)cc(C(C)CCCC)c5o4)cc3)oc12. The number of nitrogens with zero attached hydrogens (tertiary/aromatic N) is 2. The lowest BCUT2D eigenvalue weighted by Crippen LogP contribution is -2.12. The summed E-state index contributed by atoms with van der Waals surface area (Å²) in [6.45, 7) is 22.7. The molecule has 2 unspecified atom stereocenters. The van der Waals surface area contributed by atoms with E-state index in [9.17, 15) is 0 Å². The molecule has 0 saturated heterocycles. The van der Waals surface area contributed by atoms with E-state index < -0.39 is 0 Å². The Hall–Kier alpha value is -3.40. The van der Waals surface area contributed by atoms with Crippen molar-refractivity contribution in [1.82, 2.24) is 9.97 Å². The topological polar surface area (TPSA) is 52.1 Å². The van der Waals surface area contributed by atoms with Crippen molar-refractivity contribution in [3.8, 4) is 22.9 Å². The van der Waals surface area contributed by atoms with Crippen LogP contribution in [0.2, 0.25) is 0 Å². The Morgan fingerprint density at radius 2 is 0.955 bits per heavy atom. The molecule has 0 amide bonds. The Balaban J connectivity index is 1.52. The Kier molecular flexibility index (Phi) is 9.12. The van der Waals surface area contributed by atoms with Crippen LogP contribution in [-0.2, 0) is 10.8 Å². The molecule has 0 N–H and O–H groups in total. The van der Waals surface area contributed by atoms with Gasteiger partial charge in [0.15, 0.2) is 11.2 Å². The molecule has 0 aliphatic carbocycles. The molecular formula is C40H52N2O2. The van der Waals surface area contributed by atoms with Crippen LogP contribution in [0.15, 0.2) is 57.4 Å². The second-order valence-electron chi connectivity index (χ2n) is 15.0. The first-order valence-corrected chi connectivity index (χ1v) is 16.8. The molecule has 3 aromatic carbocycles. The van der Waals surface area contributed by atoms with Crippen LogP contribution < -0.4 is 0 Å². The van der Waals surface area contributed by atoms with E-state index >= 15 is 0 Å². The number of hydrogen-bond acceptors (Lipinski definition) is 4. The van der Waals surface area contributed by atoms with E-state index in [-0.39, 0.29) is 10.8 Å². The minimum absolute atomic E-state index is 0.0368. The van der Waals surface area contributed by atoms with E-state index in [0.29, 0.717) is 23.6 Å². The number of aromatic nitrogens is 2. The number of fused-ring (bicyclic) bond motifs is 2. The molecule has 0 aliphatic rings. The van der Waals surface area contributed by atoms with E-state index in [2.05, 4.69) is 118 Å². The highest BCUT2D eigenvalue weighted by Crippen LogP contribution is 2.39. The zero-order valence-electron chi connectivity index (χ0n) is 28.7. The Labute approximate surface area is 264 Å². The van der Waals surface area contributed by atoms with Crippen LogP contribution in [0.4, 0.5) is 0 Å². The first kappa shape index (κ1) is 32.0. The number of oxazole rings is 2. The van der Waals surface area contributed by atoms with Crippen molar-refractivity contribution >= 4 is 22.2 Å². The Bertz CT molecular complexity index is 1600. The van der Waals surface area contributed by atoms with Gasteiger partial charge in [-0.15, -0.1) is 0 Å². The van der Waals surface area contributed by atoms with Gasteiger partial charge in [0.1, 0.15) is 11.0 Å². The lowest BCUT2D eigenvalue weighted by Gasteiger charge is -2.21. The number of rotatable bonds is 10. The summed E-state index contributed by atoms with van der Waals surface area (Å²) in [4.78, 5) is 10.0. The van der Waals surface area contributed by atoms with Crippen LogP contribution in [0.25, 0.3) is 45.1 Å². The Morgan fingerprint density at radius 1 is 0.591 bits per heavy atom. The summed E-state index contributed by atoms with van der Waals surface area (Å²) in [5.41, 5.74) is 10.8. The summed E-state index contributed by atoms with van der Waals surface area (Å²) in [5.74, 6) is 2.13. The number of hydrogen-bond donors (Lipinski definition) is 0. The minimum Gasteiger partial charge on any atom is -0.436 e. The average Bonchev–Trinajstić information content (AvgIpc) is 3.61. The molecule has 44 heavy (non-hydrogen) atoms. The van der Waals surface area contributed by atoms with Gasteiger partial charge in [-0.2, -0.15) is 0 Å². The minimum atomic E-state index is 0.0368. The lowest BCUT2D eigenvalue weighted by atomic mass is 9.83. The molecule has 0 aliphatic heterocycles. The van der Waals surface area contributed by atoms with Crippen molar-refractivity contribution in [3.05, 3.63) is 70.8 Å². The molecule has 4 heteroatoms. The van der Waals surface area contributed by atoms with Crippen LogP contribution >= 0.6 is 0 Å². The van der Waals surface area contributed by atoms with Gasteiger partial charge in [-0.1, -0.05) is 107 Å². The predicted octanol–water partition coefficient (Wildman–Crippen LogP) is 12.5. The first-order chi connectivity index (χ1) is 20.8. The van der Waals surface area contributed by atoms with Crippen molar-refractivity contribution in [2.24, 2.45) is 0 Å². The molecule has 2 aromatic heterocycles. The van der Waals surface area contributed by atoms with Crippen molar-refractivity contribution in [2.75, 3.05) is 0 Å². The highest BCUT2D eigenvalue weighted by Gasteiger charge is 2.24. The fourth-order valence-corrected chi connectivity index (χ4v) is 6.05. The largest absolute Gasteiger partial charge is 0.436 e. The van der Waals surface area contributed by atoms with Gasteiger partial charge < -0.3 is 8.83 Å². The van der Waals surface area contributed by atoms with Crippen molar-refractivity contribution < 1.29 is 8.83 Å². The maximum Gasteiger partial charge on any atom is 0.227 e. The summed E-state index contributed by atoms with van der Waals surface area (Å²) in [6, 6.07) is 17.4. The molecule has 0 fully saturated rings. The lowest BCUT2D eigenvalue weighted by molar-refractivity contribution is 0.574. The van der Waals surface area contributed by atoms with Crippen LogP contribution in [0.3, 0.4) is 0 Å². The standard InChI is InChI=1S/C40H52N2O2/c1-11-13-15-25(3)31-21-29(39(5,6)7)23-33-35(31)43-37(41-33)27-17-19-28(20-18-27)38-42-34-24-30(40(8,9)10)22-32(36(34)44-38)26(4)16-14-12-2/h17-26H,11-16H2,1-10H3. The third-order valence-corrected chi connectivity index (χ3v) is 9.19. The Morgan fingerprint density at radius 3 is 1.27 bits per heavy atom. The van der Waals surface area contributed by atoms with Crippen molar-refractivity contribution in [2.45, 2.75) is 130 Å². The highest BCUT2D eigenvalue weighted by atomic mass is 16.4. The molecule has 0 saturated carbocycles. The van der Waals surface area contributed by atoms with Gasteiger partial charge in [0.2, 0.25) is 11.8 Å². The molecule has 2 heterocycles. The maximum absolute atomic E-state index is 6.52. The molecule has 0 bridgehead atoms. The van der Waals surface area contributed by atoms with Crippen LogP contribution in [0, 0.1) is 0 Å². The van der Waals surface area contributed by atoms with Crippen LogP contribution in [0.5, 0.6) is 0 Å². The van der Waals surface area contributed by atoms with Crippen LogP contribution in [0.1, 0.15) is 142 Å². The third-order valence-electron chi connectivity index (χ3n) is 9.19. The zero-order chi connectivity index (χ0) is 31.8. The van der Waals surface area contributed by atoms with Crippen LogP contribution in [-0.4, -0.2) is 9.97 Å². The monoisotopic (exact) mass is 592 g/mol. The molecule has 0 radical (unpaired) electrons. The molecular weight excluding hydrogens is 540 g/mol. The summed E-state index contributed by atoms with van der Waals surface area (Å²) in [5, 5.41) is 0. The van der Waals surface area contributed by atoms with Gasteiger partial charge in [-0.25, -0.2) is 9.97 Å². The zero-order valence-corrected chi connectivity index (χ0v) is 28.7. The summed E-state index contributed by atoms with van der Waals surface area (Å²) in [6.07, 6.45) is 7.08. The van der Waals surface area contributed by atoms with Gasteiger partial charge >= 0.3 is 0 Å². The predicted molar refractivity (Wildman–Crippen MR) is 186 cm³/mol. The van der Waals surface area contributed by atoms with Gasteiger partial charge in [-0.3, -0.25) is 0 Å². The van der Waals surface area contributed by atoms with Gasteiger partial charge in [0.05, 0.1) is 0 Å². The van der Waals surface area contributed by atoms with E-state index in [0.717, 1.165) is 46.2 Å². The molecule has 2 atom stereocenters. The average molecular weight is 593 g/mol. The van der Waals surface area contributed by atoms with E-state index in [1.807, 2.05) is 0 Å². The molecule has 234 valence electrons. The smallest absolute Gasteiger partial charge is 0.227 e. The molecule has 5 rings (SSSR count). The molecule has 0 spiro atoms. The fraction of sp³-hybridized carbons (Fsp3) is 0.500. The van der Waals surface area contributed by atoms with Gasteiger partial charge in [0, 0.05) is 22.3 Å². The van der Waals surface area contributed by atoms with E-state index in [1.165, 1.54) is 47.9 Å². The molecule has 4 nitrogen and oxygen atoms in total. The van der Waals surface area contributed by atoms with E-state index in [4.69, 9.17) is 18.8 Å². The van der Waals surface area contributed by atoms with E-state index in [1.54, 1.807) is 0 Å². The quantitative estimate of drug-likeness (QED) is 0.162. The van der Waals surface area contributed by atoms with Crippen molar-refractivity contribution in [3.63, 3.8) is 0 Å². The summed E-state index contributed by atoms with van der Waals surface area (Å²) >= 11 is 0. The van der Waals surface area contributed by atoms with Gasteiger partial charge in [0.25, 0.3) is 0 Å². The number of unbranched alkanes of at least 4 members (excludes halogenated alkanes) is 2. The normalized spacial score (nSPS) is 14.0. The first-order valence-electron chi connectivity index (χ1n) is 16.8. The summed E-state index contributed by atoms with van der Waals surface area (Å²) < 4.78 is 13.0. The second-order valence-corrected chi connectivity index (χ2v) is 15.0. The van der Waals surface area contributed by atoms with Gasteiger partial charge in [-0.05, 0) is 83.0 Å². The van der Waals surface area contributed by atoms with Crippen molar-refractivity contribution in [1.29, 1.82) is 0 Å². The number of benzene rings is 3. The second kappa shape index (κ2) is 12.5. The fourth-order valence-electron chi connectivity index (χ4n) is 6.05. The highest BCUT2D eigenvalue weighted by molar-refractivity contribution is 5.83.